The molecule has 16 heavy (non-hydrogen) atoms. The standard InChI is InChI=1S/C12H11N3O/c1-9-6-7-13-12(15-9)14-8-10-4-2-3-5-11(10)16/h2-8,16H,1H3/b14-8+. The zero-order valence-electron chi connectivity index (χ0n) is 8.83. The molecule has 0 aliphatic carbocycles. The topological polar surface area (TPSA) is 58.4 Å². The summed E-state index contributed by atoms with van der Waals surface area (Å²) in [5.41, 5.74) is 1.51. The second-order valence-electron chi connectivity index (χ2n) is 3.32. The van der Waals surface area contributed by atoms with Gasteiger partial charge in [-0.25, -0.2) is 15.0 Å². The molecule has 1 aromatic heterocycles. The Morgan fingerprint density at radius 2 is 2.06 bits per heavy atom. The summed E-state index contributed by atoms with van der Waals surface area (Å²) in [6.07, 6.45) is 3.20. The van der Waals surface area contributed by atoms with E-state index in [9.17, 15) is 5.11 Å². The molecule has 0 unspecified atom stereocenters. The van der Waals surface area contributed by atoms with Gasteiger partial charge in [-0.15, -0.1) is 0 Å². The zero-order chi connectivity index (χ0) is 11.4. The first-order valence-electron chi connectivity index (χ1n) is 4.87. The third-order valence-corrected chi connectivity index (χ3v) is 2.04. The van der Waals surface area contributed by atoms with Gasteiger partial charge in [-0.1, -0.05) is 12.1 Å². The van der Waals surface area contributed by atoms with Crippen LogP contribution in [-0.2, 0) is 0 Å². The molecule has 80 valence electrons. The van der Waals surface area contributed by atoms with E-state index in [-0.39, 0.29) is 5.75 Å². The number of hydrogen-bond acceptors (Lipinski definition) is 4. The van der Waals surface area contributed by atoms with E-state index in [1.165, 1.54) is 0 Å². The van der Waals surface area contributed by atoms with Gasteiger partial charge >= 0.3 is 0 Å². The number of rotatable bonds is 2. The van der Waals surface area contributed by atoms with Crippen LogP contribution in [0.15, 0.2) is 41.5 Å². The van der Waals surface area contributed by atoms with E-state index >= 15 is 0 Å². The summed E-state index contributed by atoms with van der Waals surface area (Å²) in [5, 5.41) is 9.51. The second kappa shape index (κ2) is 4.53. The molecule has 0 radical (unpaired) electrons. The van der Waals surface area contributed by atoms with Crippen molar-refractivity contribution in [1.82, 2.24) is 9.97 Å². The molecule has 1 aromatic carbocycles. The highest BCUT2D eigenvalue weighted by molar-refractivity contribution is 5.84. The van der Waals surface area contributed by atoms with Crippen LogP contribution >= 0.6 is 0 Å². The van der Waals surface area contributed by atoms with Gasteiger partial charge in [0.1, 0.15) is 5.75 Å². The lowest BCUT2D eigenvalue weighted by atomic mass is 10.2. The lowest BCUT2D eigenvalue weighted by Crippen LogP contribution is -1.86. The van der Waals surface area contributed by atoms with E-state index in [2.05, 4.69) is 15.0 Å². The third-order valence-electron chi connectivity index (χ3n) is 2.04. The Balaban J connectivity index is 2.25. The molecule has 0 bridgehead atoms. The Morgan fingerprint density at radius 3 is 2.81 bits per heavy atom. The monoisotopic (exact) mass is 213 g/mol. The number of phenolic OH excluding ortho intramolecular Hbond substituents is 1. The lowest BCUT2D eigenvalue weighted by Gasteiger charge is -1.96. The molecular formula is C12H11N3O. The normalized spacial score (nSPS) is 10.8. The van der Waals surface area contributed by atoms with Gasteiger partial charge in [-0.3, -0.25) is 0 Å². The summed E-state index contributed by atoms with van der Waals surface area (Å²) in [5.74, 6) is 0.585. The van der Waals surface area contributed by atoms with Crippen molar-refractivity contribution in [2.45, 2.75) is 6.92 Å². The zero-order valence-corrected chi connectivity index (χ0v) is 8.83. The highest BCUT2D eigenvalue weighted by atomic mass is 16.3. The van der Waals surface area contributed by atoms with E-state index in [4.69, 9.17) is 0 Å². The van der Waals surface area contributed by atoms with Gasteiger partial charge in [0.15, 0.2) is 0 Å². The molecule has 2 aromatic rings. The van der Waals surface area contributed by atoms with Crippen LogP contribution in [0.1, 0.15) is 11.3 Å². The van der Waals surface area contributed by atoms with E-state index in [1.54, 1.807) is 36.7 Å². The summed E-state index contributed by atoms with van der Waals surface area (Å²) < 4.78 is 0. The minimum absolute atomic E-state index is 0.193. The van der Waals surface area contributed by atoms with Crippen LogP contribution in [0.4, 0.5) is 5.95 Å². The number of phenols is 1. The third kappa shape index (κ3) is 2.42. The number of benzene rings is 1. The Labute approximate surface area is 93.3 Å². The van der Waals surface area contributed by atoms with Gasteiger partial charge < -0.3 is 5.11 Å². The summed E-state index contributed by atoms with van der Waals surface area (Å²) in [7, 11) is 0. The molecule has 1 heterocycles. The summed E-state index contributed by atoms with van der Waals surface area (Å²) in [6.45, 7) is 1.88. The highest BCUT2D eigenvalue weighted by Crippen LogP contribution is 2.14. The largest absolute Gasteiger partial charge is 0.507 e. The molecule has 0 amide bonds. The summed E-state index contributed by atoms with van der Waals surface area (Å²) >= 11 is 0. The fourth-order valence-electron chi connectivity index (χ4n) is 1.22. The Hall–Kier alpha value is -2.23. The Morgan fingerprint density at radius 1 is 1.25 bits per heavy atom. The average molecular weight is 213 g/mol. The van der Waals surface area contributed by atoms with Crippen molar-refractivity contribution in [3.63, 3.8) is 0 Å². The molecule has 1 N–H and O–H groups in total. The van der Waals surface area contributed by atoms with Crippen molar-refractivity contribution >= 4 is 12.2 Å². The van der Waals surface area contributed by atoms with Gasteiger partial charge in [-0.2, -0.15) is 0 Å². The second-order valence-corrected chi connectivity index (χ2v) is 3.32. The maximum Gasteiger partial charge on any atom is 0.249 e. The number of aromatic nitrogens is 2. The molecule has 0 aliphatic heterocycles. The smallest absolute Gasteiger partial charge is 0.249 e. The molecule has 4 heteroatoms. The molecular weight excluding hydrogens is 202 g/mol. The van der Waals surface area contributed by atoms with E-state index in [1.807, 2.05) is 13.0 Å². The highest BCUT2D eigenvalue weighted by Gasteiger charge is 1.96. The van der Waals surface area contributed by atoms with Gasteiger partial charge in [0.2, 0.25) is 5.95 Å². The molecule has 0 fully saturated rings. The average Bonchev–Trinajstić information content (AvgIpc) is 2.28. The lowest BCUT2D eigenvalue weighted by molar-refractivity contribution is 0.474. The number of hydrogen-bond donors (Lipinski definition) is 1. The minimum Gasteiger partial charge on any atom is -0.507 e. The first kappa shape index (κ1) is 10.3. The number of aryl methyl sites for hydroxylation is 1. The van der Waals surface area contributed by atoms with Gasteiger partial charge in [0.25, 0.3) is 0 Å². The number of aliphatic imine (C=N–C) groups is 1. The van der Waals surface area contributed by atoms with Crippen LogP contribution in [0, 0.1) is 6.92 Å². The van der Waals surface area contributed by atoms with Crippen molar-refractivity contribution in [2.75, 3.05) is 0 Å². The SMILES string of the molecule is Cc1ccnc(/N=C/c2ccccc2O)n1. The van der Waals surface area contributed by atoms with Gasteiger partial charge in [-0.05, 0) is 25.1 Å². The predicted molar refractivity (Wildman–Crippen MR) is 62.1 cm³/mol. The molecule has 4 nitrogen and oxygen atoms in total. The fraction of sp³-hybridized carbons (Fsp3) is 0.0833. The molecule has 0 aliphatic rings. The number of aromatic hydroxyl groups is 1. The van der Waals surface area contributed by atoms with Gasteiger partial charge in [0, 0.05) is 23.7 Å². The van der Waals surface area contributed by atoms with Gasteiger partial charge in [0.05, 0.1) is 0 Å². The van der Waals surface area contributed by atoms with Crippen molar-refractivity contribution in [1.29, 1.82) is 0 Å². The number of para-hydroxylation sites is 1. The van der Waals surface area contributed by atoms with Crippen LogP contribution in [0.25, 0.3) is 0 Å². The molecule has 0 saturated heterocycles. The van der Waals surface area contributed by atoms with Crippen LogP contribution in [0.3, 0.4) is 0 Å². The van der Waals surface area contributed by atoms with Crippen LogP contribution in [-0.4, -0.2) is 21.3 Å². The minimum atomic E-state index is 0.193. The maximum absolute atomic E-state index is 9.51. The Kier molecular flexibility index (Phi) is 2.91. The van der Waals surface area contributed by atoms with E-state index < -0.39 is 0 Å². The summed E-state index contributed by atoms with van der Waals surface area (Å²) in [6, 6.07) is 8.78. The molecule has 0 atom stereocenters. The Bertz CT molecular complexity index is 523. The van der Waals surface area contributed by atoms with Crippen LogP contribution in [0.5, 0.6) is 5.75 Å². The maximum atomic E-state index is 9.51. The predicted octanol–water partition coefficient (Wildman–Crippen LogP) is 2.24. The molecule has 2 rings (SSSR count). The van der Waals surface area contributed by atoms with Crippen LogP contribution < -0.4 is 0 Å². The number of nitrogens with zero attached hydrogens (tertiary/aromatic N) is 3. The fourth-order valence-corrected chi connectivity index (χ4v) is 1.22. The van der Waals surface area contributed by atoms with Crippen LogP contribution in [0.2, 0.25) is 0 Å². The van der Waals surface area contributed by atoms with Crippen molar-refractivity contribution < 1.29 is 5.11 Å². The quantitative estimate of drug-likeness (QED) is 0.778. The van der Waals surface area contributed by atoms with E-state index in [0.29, 0.717) is 11.5 Å². The first-order chi connectivity index (χ1) is 7.75. The van der Waals surface area contributed by atoms with Crippen molar-refractivity contribution in [2.24, 2.45) is 4.99 Å². The summed E-state index contributed by atoms with van der Waals surface area (Å²) in [4.78, 5) is 12.2. The van der Waals surface area contributed by atoms with Crippen molar-refractivity contribution in [3.05, 3.63) is 47.8 Å². The molecule has 0 spiro atoms. The first-order valence-corrected chi connectivity index (χ1v) is 4.87. The van der Waals surface area contributed by atoms with Crippen molar-refractivity contribution in [3.8, 4) is 5.75 Å². The molecule has 0 saturated carbocycles. The van der Waals surface area contributed by atoms with E-state index in [0.717, 1.165) is 5.69 Å².